The predicted octanol–water partition coefficient (Wildman–Crippen LogP) is 5.32. The fraction of sp³-hybridized carbons (Fsp3) is 0.300. The van der Waals surface area contributed by atoms with Crippen molar-refractivity contribution in [2.75, 3.05) is 0 Å². The Labute approximate surface area is 211 Å². The number of rotatable bonds is 4. The summed E-state index contributed by atoms with van der Waals surface area (Å²) in [6.07, 6.45) is 4.13. The molecule has 3 aromatic rings. The van der Waals surface area contributed by atoms with Gasteiger partial charge in [0.2, 0.25) is 0 Å². The molecule has 2 aromatic carbocycles. The summed E-state index contributed by atoms with van der Waals surface area (Å²) in [6, 6.07) is 16.3. The second kappa shape index (κ2) is 8.94. The third kappa shape index (κ3) is 4.28. The van der Waals surface area contributed by atoms with Crippen LogP contribution in [0, 0.1) is 0 Å². The molecule has 3 heterocycles. The van der Waals surface area contributed by atoms with E-state index in [0.717, 1.165) is 34.4 Å². The van der Waals surface area contributed by atoms with Crippen molar-refractivity contribution in [1.29, 1.82) is 0 Å². The minimum Gasteiger partial charge on any atom is -0.507 e. The number of hydrogen-bond donors (Lipinski definition) is 1. The fourth-order valence-electron chi connectivity index (χ4n) is 4.97. The third-order valence-electron chi connectivity index (χ3n) is 6.88. The number of carbonyl (C=O) groups excluding carboxylic acids is 2. The van der Waals surface area contributed by atoms with Crippen molar-refractivity contribution < 1.29 is 19.4 Å². The molecule has 36 heavy (non-hydrogen) atoms. The maximum atomic E-state index is 13.4. The molecule has 5 rings (SSSR count). The number of aliphatic hydroxyl groups is 1. The van der Waals surface area contributed by atoms with Crippen LogP contribution in [0.5, 0.6) is 5.75 Å². The van der Waals surface area contributed by atoms with Crippen LogP contribution in [-0.4, -0.2) is 32.8 Å². The lowest BCUT2D eigenvalue weighted by atomic mass is 9.85. The van der Waals surface area contributed by atoms with Gasteiger partial charge in [0.25, 0.3) is 11.7 Å². The van der Waals surface area contributed by atoms with E-state index in [1.54, 1.807) is 24.5 Å². The molecule has 2 aliphatic heterocycles. The molecule has 1 aromatic heterocycles. The molecule has 2 atom stereocenters. The lowest BCUT2D eigenvalue weighted by molar-refractivity contribution is -0.140. The molecular weight excluding hydrogens is 452 g/mol. The van der Waals surface area contributed by atoms with Crippen molar-refractivity contribution in [1.82, 2.24) is 9.88 Å². The number of nitrogens with zero attached hydrogens (tertiary/aromatic N) is 2. The summed E-state index contributed by atoms with van der Waals surface area (Å²) in [6.45, 7) is 8.60. The van der Waals surface area contributed by atoms with Gasteiger partial charge in [-0.05, 0) is 58.9 Å². The summed E-state index contributed by atoms with van der Waals surface area (Å²) in [5.41, 5.74) is 4.25. The quantitative estimate of drug-likeness (QED) is 0.309. The number of likely N-dealkylation sites (tertiary alicyclic amines) is 1. The summed E-state index contributed by atoms with van der Waals surface area (Å²) in [7, 11) is 0. The highest BCUT2D eigenvalue weighted by molar-refractivity contribution is 6.46. The fourth-order valence-corrected chi connectivity index (χ4v) is 4.97. The van der Waals surface area contributed by atoms with Crippen molar-refractivity contribution in [2.24, 2.45) is 0 Å². The summed E-state index contributed by atoms with van der Waals surface area (Å²) >= 11 is 0. The third-order valence-corrected chi connectivity index (χ3v) is 6.88. The number of Topliss-reactive ketones (excluding diaryl/α,β-unsaturated/α-hetero) is 1. The van der Waals surface area contributed by atoms with Gasteiger partial charge in [-0.3, -0.25) is 14.6 Å². The molecule has 6 nitrogen and oxygen atoms in total. The largest absolute Gasteiger partial charge is 0.507 e. The lowest BCUT2D eigenvalue weighted by Crippen LogP contribution is -2.29. The van der Waals surface area contributed by atoms with Crippen LogP contribution < -0.4 is 4.74 Å². The molecule has 1 amide bonds. The number of ketones is 1. The van der Waals surface area contributed by atoms with Gasteiger partial charge in [0.15, 0.2) is 0 Å². The Bertz CT molecular complexity index is 1350. The predicted molar refractivity (Wildman–Crippen MR) is 137 cm³/mol. The molecule has 1 saturated heterocycles. The molecular formula is C30H30N2O4. The normalized spacial score (nSPS) is 20.9. The Hall–Kier alpha value is -3.93. The number of fused-ring (bicyclic) bond motifs is 1. The number of carbonyl (C=O) groups is 2. The molecule has 6 heteroatoms. The van der Waals surface area contributed by atoms with Crippen molar-refractivity contribution in [3.8, 4) is 5.75 Å². The average molecular weight is 483 g/mol. The molecule has 1 N–H and O–H groups in total. The van der Waals surface area contributed by atoms with Gasteiger partial charge >= 0.3 is 0 Å². The van der Waals surface area contributed by atoms with Crippen LogP contribution in [0.2, 0.25) is 0 Å². The number of hydrogen-bond acceptors (Lipinski definition) is 5. The van der Waals surface area contributed by atoms with E-state index < -0.39 is 17.7 Å². The number of aliphatic hydroxyl groups excluding tert-OH is 1. The SMILES string of the molecule is CC1Cc2cc(/C(O)=C3\C(=O)C(=O)N(Cc4cccnc4)C3c3ccc(C(C)(C)C)cc3)ccc2O1. The van der Waals surface area contributed by atoms with Crippen LogP contribution in [-0.2, 0) is 28.0 Å². The first-order valence-corrected chi connectivity index (χ1v) is 12.2. The van der Waals surface area contributed by atoms with Crippen LogP contribution >= 0.6 is 0 Å². The summed E-state index contributed by atoms with van der Waals surface area (Å²) in [4.78, 5) is 32.3. The van der Waals surface area contributed by atoms with E-state index in [1.807, 2.05) is 49.4 Å². The van der Waals surface area contributed by atoms with E-state index in [2.05, 4.69) is 25.8 Å². The number of amides is 1. The van der Waals surface area contributed by atoms with Gasteiger partial charge < -0.3 is 14.7 Å². The van der Waals surface area contributed by atoms with Crippen molar-refractivity contribution in [3.63, 3.8) is 0 Å². The second-order valence-electron chi connectivity index (χ2n) is 10.6. The first-order valence-electron chi connectivity index (χ1n) is 12.2. The molecule has 2 unspecified atom stereocenters. The van der Waals surface area contributed by atoms with E-state index in [4.69, 9.17) is 4.74 Å². The maximum Gasteiger partial charge on any atom is 0.295 e. The maximum absolute atomic E-state index is 13.4. The molecule has 0 radical (unpaired) electrons. The van der Waals surface area contributed by atoms with Gasteiger partial charge in [-0.1, -0.05) is 51.1 Å². The van der Waals surface area contributed by atoms with Gasteiger partial charge in [0.05, 0.1) is 11.6 Å². The standard InChI is InChI=1S/C30H30N2O4/c1-18-14-22-15-21(9-12-24(22)36-18)27(33)25-26(20-7-10-23(11-8-20)30(2,3)4)32(29(35)28(25)34)17-19-6-5-13-31-16-19/h5-13,15-16,18,26,33H,14,17H2,1-4H3/b27-25+. The van der Waals surface area contributed by atoms with Gasteiger partial charge in [-0.15, -0.1) is 0 Å². The molecule has 0 aliphatic carbocycles. The first-order chi connectivity index (χ1) is 17.1. The number of aromatic nitrogens is 1. The average Bonchev–Trinajstić information content (AvgIpc) is 3.35. The van der Waals surface area contributed by atoms with Gasteiger partial charge in [-0.25, -0.2) is 0 Å². The van der Waals surface area contributed by atoms with E-state index in [9.17, 15) is 14.7 Å². The Morgan fingerprint density at radius 3 is 2.53 bits per heavy atom. The van der Waals surface area contributed by atoms with E-state index >= 15 is 0 Å². The zero-order valence-corrected chi connectivity index (χ0v) is 21.0. The van der Waals surface area contributed by atoms with Gasteiger partial charge in [0, 0.05) is 30.9 Å². The molecule has 0 spiro atoms. The Morgan fingerprint density at radius 1 is 1.11 bits per heavy atom. The van der Waals surface area contributed by atoms with Gasteiger partial charge in [0.1, 0.15) is 17.6 Å². The smallest absolute Gasteiger partial charge is 0.295 e. The Kier molecular flexibility index (Phi) is 5.91. The molecule has 0 bridgehead atoms. The zero-order chi connectivity index (χ0) is 25.6. The van der Waals surface area contributed by atoms with Crippen molar-refractivity contribution >= 4 is 17.4 Å². The van der Waals surface area contributed by atoms with Crippen molar-refractivity contribution in [3.05, 3.63) is 100 Å². The minimum atomic E-state index is -0.720. The van der Waals surface area contributed by atoms with E-state index in [-0.39, 0.29) is 29.4 Å². The number of pyridine rings is 1. The topological polar surface area (TPSA) is 79.7 Å². The van der Waals surface area contributed by atoms with Crippen LogP contribution in [0.4, 0.5) is 0 Å². The minimum absolute atomic E-state index is 0.0420. The molecule has 184 valence electrons. The first kappa shape index (κ1) is 23.8. The Balaban J connectivity index is 1.62. The highest BCUT2D eigenvalue weighted by Crippen LogP contribution is 2.41. The Morgan fingerprint density at radius 2 is 1.86 bits per heavy atom. The van der Waals surface area contributed by atoms with E-state index in [0.29, 0.717) is 5.56 Å². The summed E-state index contributed by atoms with van der Waals surface area (Å²) in [5.74, 6) is -0.713. The van der Waals surface area contributed by atoms with E-state index in [1.165, 1.54) is 4.90 Å². The highest BCUT2D eigenvalue weighted by atomic mass is 16.5. The number of ether oxygens (including phenoxy) is 1. The zero-order valence-electron chi connectivity index (χ0n) is 21.0. The highest BCUT2D eigenvalue weighted by Gasteiger charge is 2.46. The molecule has 2 aliphatic rings. The van der Waals surface area contributed by atoms with Crippen molar-refractivity contribution in [2.45, 2.75) is 58.2 Å². The number of benzene rings is 2. The summed E-state index contributed by atoms with van der Waals surface area (Å²) < 4.78 is 5.78. The lowest BCUT2D eigenvalue weighted by Gasteiger charge is -2.26. The van der Waals surface area contributed by atoms with Crippen LogP contribution in [0.25, 0.3) is 5.76 Å². The van der Waals surface area contributed by atoms with Crippen LogP contribution in [0.3, 0.4) is 0 Å². The van der Waals surface area contributed by atoms with Crippen LogP contribution in [0.1, 0.15) is 61.6 Å². The molecule has 1 fully saturated rings. The van der Waals surface area contributed by atoms with Crippen LogP contribution in [0.15, 0.2) is 72.6 Å². The molecule has 0 saturated carbocycles. The summed E-state index contributed by atoms with van der Waals surface area (Å²) in [5, 5.41) is 11.4. The monoisotopic (exact) mass is 482 g/mol. The van der Waals surface area contributed by atoms with Gasteiger partial charge in [-0.2, -0.15) is 0 Å². The second-order valence-corrected chi connectivity index (χ2v) is 10.6.